The molecular weight excluding hydrogens is 256 g/mol. The number of carbonyl (C=O) groups is 1. The first-order valence-electron chi connectivity index (χ1n) is 6.55. The zero-order valence-corrected chi connectivity index (χ0v) is 11.8. The van der Waals surface area contributed by atoms with E-state index in [1.165, 1.54) is 0 Å². The van der Waals surface area contributed by atoms with Crippen LogP contribution in [0.3, 0.4) is 0 Å². The van der Waals surface area contributed by atoms with Gasteiger partial charge in [0.25, 0.3) is 0 Å². The number of benzene rings is 1. The number of carbonyl (C=O) groups excluding carboxylic acids is 1. The van der Waals surface area contributed by atoms with Gasteiger partial charge >= 0.3 is 0 Å². The van der Waals surface area contributed by atoms with Gasteiger partial charge in [-0.15, -0.1) is 0 Å². The van der Waals surface area contributed by atoms with Gasteiger partial charge in [-0.3, -0.25) is 9.69 Å². The number of hydrogen-bond acceptors (Lipinski definition) is 5. The van der Waals surface area contributed by atoms with Crippen LogP contribution in [0.1, 0.15) is 22.8 Å². The van der Waals surface area contributed by atoms with Crippen molar-refractivity contribution in [2.24, 2.45) is 0 Å². The predicted molar refractivity (Wildman–Crippen MR) is 73.6 cm³/mol. The van der Waals surface area contributed by atoms with E-state index in [1.54, 1.807) is 20.1 Å². The van der Waals surface area contributed by atoms with Crippen LogP contribution in [-0.2, 0) is 11.3 Å². The average molecular weight is 274 g/mol. The number of nitrogens with zero attached hydrogens (tertiary/aromatic N) is 2. The van der Waals surface area contributed by atoms with Crippen LogP contribution in [0.2, 0.25) is 0 Å². The third-order valence-corrected chi connectivity index (χ3v) is 3.38. The first-order valence-corrected chi connectivity index (χ1v) is 6.55. The summed E-state index contributed by atoms with van der Waals surface area (Å²) in [5, 5.41) is 8.92. The molecule has 0 radical (unpaired) electrons. The summed E-state index contributed by atoms with van der Waals surface area (Å²) in [6.07, 6.45) is -0.384. The molecule has 0 bridgehead atoms. The van der Waals surface area contributed by atoms with E-state index < -0.39 is 0 Å². The predicted octanol–water partition coefficient (Wildman–Crippen LogP) is 1.62. The van der Waals surface area contributed by atoms with Crippen LogP contribution in [0.5, 0.6) is 5.75 Å². The van der Waals surface area contributed by atoms with Gasteiger partial charge in [-0.2, -0.15) is 5.26 Å². The van der Waals surface area contributed by atoms with Crippen molar-refractivity contribution in [2.75, 3.05) is 26.8 Å². The summed E-state index contributed by atoms with van der Waals surface area (Å²) in [6, 6.07) is 7.57. The minimum Gasteiger partial charge on any atom is -0.496 e. The highest BCUT2D eigenvalue weighted by Crippen LogP contribution is 2.23. The Balaban J connectivity index is 2.17. The molecule has 1 unspecified atom stereocenters. The Morgan fingerprint density at radius 1 is 1.60 bits per heavy atom. The summed E-state index contributed by atoms with van der Waals surface area (Å²) in [7, 11) is 1.61. The monoisotopic (exact) mass is 274 g/mol. The van der Waals surface area contributed by atoms with Crippen LogP contribution < -0.4 is 4.74 Å². The Morgan fingerprint density at radius 3 is 3.05 bits per heavy atom. The molecule has 106 valence electrons. The maximum absolute atomic E-state index is 11.5. The molecule has 20 heavy (non-hydrogen) atoms. The first-order chi connectivity index (χ1) is 9.63. The van der Waals surface area contributed by atoms with Crippen molar-refractivity contribution >= 4 is 5.78 Å². The van der Waals surface area contributed by atoms with Crippen LogP contribution >= 0.6 is 0 Å². The third-order valence-electron chi connectivity index (χ3n) is 3.38. The summed E-state index contributed by atoms with van der Waals surface area (Å²) in [4.78, 5) is 13.6. The summed E-state index contributed by atoms with van der Waals surface area (Å²) in [5.74, 6) is 0.792. The lowest BCUT2D eigenvalue weighted by Crippen LogP contribution is -2.41. The van der Waals surface area contributed by atoms with Crippen LogP contribution in [0.15, 0.2) is 18.2 Å². The van der Waals surface area contributed by atoms with Crippen molar-refractivity contribution in [1.82, 2.24) is 4.90 Å². The summed E-state index contributed by atoms with van der Waals surface area (Å²) in [6.45, 7) is 4.08. The minimum atomic E-state index is -0.384. The van der Waals surface area contributed by atoms with Crippen molar-refractivity contribution in [2.45, 2.75) is 19.6 Å². The van der Waals surface area contributed by atoms with Gasteiger partial charge in [-0.25, -0.2) is 0 Å². The van der Waals surface area contributed by atoms with E-state index >= 15 is 0 Å². The van der Waals surface area contributed by atoms with Crippen LogP contribution in [0.25, 0.3) is 0 Å². The number of Topliss-reactive ketones (excluding diaryl/α,β-unsaturated/α-hetero) is 1. The van der Waals surface area contributed by atoms with Crippen LogP contribution in [0, 0.1) is 11.3 Å². The third kappa shape index (κ3) is 3.35. The smallest absolute Gasteiger partial charge is 0.159 e. The Morgan fingerprint density at radius 2 is 2.40 bits per heavy atom. The van der Waals surface area contributed by atoms with Crippen molar-refractivity contribution in [1.29, 1.82) is 5.26 Å². The largest absolute Gasteiger partial charge is 0.496 e. The highest BCUT2D eigenvalue weighted by Gasteiger charge is 2.21. The van der Waals surface area contributed by atoms with Gasteiger partial charge in [0.05, 0.1) is 19.8 Å². The zero-order valence-electron chi connectivity index (χ0n) is 11.8. The number of morpholine rings is 1. The van der Waals surface area contributed by atoms with Gasteiger partial charge in [0.15, 0.2) is 11.9 Å². The molecule has 0 N–H and O–H groups in total. The fraction of sp³-hybridized carbons (Fsp3) is 0.467. The zero-order chi connectivity index (χ0) is 14.5. The standard InChI is InChI=1S/C15H18N2O3/c1-11(18)12-3-4-15(19-2)13(7-12)9-17-5-6-20-14(8-16)10-17/h3-4,7,14H,5-6,9-10H2,1-2H3. The molecule has 1 heterocycles. The van der Waals surface area contributed by atoms with E-state index in [2.05, 4.69) is 11.0 Å². The first kappa shape index (κ1) is 14.5. The Kier molecular flexibility index (Phi) is 4.72. The molecule has 1 aliphatic rings. The Hall–Kier alpha value is -1.90. The lowest BCUT2D eigenvalue weighted by atomic mass is 10.1. The second-order valence-electron chi connectivity index (χ2n) is 4.81. The van der Waals surface area contributed by atoms with E-state index in [4.69, 9.17) is 14.7 Å². The molecule has 1 atom stereocenters. The van der Waals surface area contributed by atoms with Crippen molar-refractivity contribution in [3.05, 3.63) is 29.3 Å². The summed E-state index contributed by atoms with van der Waals surface area (Å²) >= 11 is 0. The van der Waals surface area contributed by atoms with Crippen LogP contribution in [0.4, 0.5) is 0 Å². The molecule has 0 aromatic heterocycles. The maximum Gasteiger partial charge on any atom is 0.159 e. The lowest BCUT2D eigenvalue weighted by molar-refractivity contribution is -0.00292. The Labute approximate surface area is 118 Å². The average Bonchev–Trinajstić information content (AvgIpc) is 2.47. The van der Waals surface area contributed by atoms with Crippen molar-refractivity contribution < 1.29 is 14.3 Å². The topological polar surface area (TPSA) is 62.6 Å². The van der Waals surface area contributed by atoms with E-state index in [-0.39, 0.29) is 11.9 Å². The van der Waals surface area contributed by atoms with E-state index in [0.717, 1.165) is 17.9 Å². The SMILES string of the molecule is COc1ccc(C(C)=O)cc1CN1CCOC(C#N)C1. The minimum absolute atomic E-state index is 0.0331. The molecule has 0 amide bonds. The molecule has 1 aromatic rings. The molecule has 1 fully saturated rings. The lowest BCUT2D eigenvalue weighted by Gasteiger charge is -2.30. The molecule has 2 rings (SSSR count). The Bertz CT molecular complexity index is 536. The highest BCUT2D eigenvalue weighted by molar-refractivity contribution is 5.94. The number of ketones is 1. The number of rotatable bonds is 4. The van der Waals surface area contributed by atoms with E-state index in [1.807, 2.05) is 12.1 Å². The van der Waals surface area contributed by atoms with Gasteiger partial charge < -0.3 is 9.47 Å². The van der Waals surface area contributed by atoms with E-state index in [9.17, 15) is 4.79 Å². The van der Waals surface area contributed by atoms with E-state index in [0.29, 0.717) is 25.3 Å². The van der Waals surface area contributed by atoms with Gasteiger partial charge in [0.1, 0.15) is 5.75 Å². The van der Waals surface area contributed by atoms with Crippen LogP contribution in [-0.4, -0.2) is 43.6 Å². The van der Waals surface area contributed by atoms with Gasteiger partial charge in [-0.05, 0) is 25.1 Å². The maximum atomic E-state index is 11.5. The fourth-order valence-electron chi connectivity index (χ4n) is 2.29. The number of nitriles is 1. The molecule has 5 heteroatoms. The second kappa shape index (κ2) is 6.51. The number of hydrogen-bond donors (Lipinski definition) is 0. The molecule has 1 aliphatic heterocycles. The number of methoxy groups -OCH3 is 1. The molecule has 1 aromatic carbocycles. The normalized spacial score (nSPS) is 19.4. The summed E-state index contributed by atoms with van der Waals surface area (Å²) in [5.41, 5.74) is 1.63. The number of ether oxygens (including phenoxy) is 2. The van der Waals surface area contributed by atoms with Gasteiger partial charge in [-0.1, -0.05) is 0 Å². The molecule has 0 saturated carbocycles. The molecule has 5 nitrogen and oxygen atoms in total. The second-order valence-corrected chi connectivity index (χ2v) is 4.81. The molecular formula is C15H18N2O3. The molecule has 0 aliphatic carbocycles. The quantitative estimate of drug-likeness (QED) is 0.781. The van der Waals surface area contributed by atoms with Gasteiger partial charge in [0, 0.05) is 30.8 Å². The van der Waals surface area contributed by atoms with Crippen molar-refractivity contribution in [3.63, 3.8) is 0 Å². The molecule has 0 spiro atoms. The molecule has 1 saturated heterocycles. The van der Waals surface area contributed by atoms with Gasteiger partial charge in [0.2, 0.25) is 0 Å². The highest BCUT2D eigenvalue weighted by atomic mass is 16.5. The summed E-state index contributed by atoms with van der Waals surface area (Å²) < 4.78 is 10.7. The van der Waals surface area contributed by atoms with Crippen molar-refractivity contribution in [3.8, 4) is 11.8 Å². The fourth-order valence-corrected chi connectivity index (χ4v) is 2.29.